The highest BCUT2D eigenvalue weighted by Gasteiger charge is 2.07. The first-order valence-corrected chi connectivity index (χ1v) is 9.57. The molecule has 144 valence electrons. The molecule has 1 heterocycles. The highest BCUT2D eigenvalue weighted by molar-refractivity contribution is 7.12. The molecule has 0 unspecified atom stereocenters. The Bertz CT molecular complexity index is 758. The van der Waals surface area contributed by atoms with E-state index in [1.165, 1.54) is 11.3 Å². The number of benzene rings is 1. The molecule has 0 saturated heterocycles. The predicted octanol–water partition coefficient (Wildman–Crippen LogP) is 2.71. The van der Waals surface area contributed by atoms with Gasteiger partial charge in [-0.2, -0.15) is 0 Å². The van der Waals surface area contributed by atoms with Gasteiger partial charge in [-0.05, 0) is 43.0 Å². The summed E-state index contributed by atoms with van der Waals surface area (Å²) in [5, 5.41) is 12.8. The third kappa shape index (κ3) is 7.49. The normalized spacial score (nSPS) is 10.3. The zero-order valence-electron chi connectivity index (χ0n) is 15.4. The van der Waals surface area contributed by atoms with Gasteiger partial charge in [0.2, 0.25) is 5.91 Å². The molecule has 0 aliphatic heterocycles. The summed E-state index contributed by atoms with van der Waals surface area (Å²) in [6.07, 6.45) is 0.214. The van der Waals surface area contributed by atoms with Crippen LogP contribution < -0.4 is 21.3 Å². The Labute approximate surface area is 162 Å². The number of rotatable bonds is 8. The van der Waals surface area contributed by atoms with Crippen molar-refractivity contribution < 1.29 is 14.4 Å². The van der Waals surface area contributed by atoms with E-state index in [0.717, 1.165) is 5.56 Å². The fourth-order valence-corrected chi connectivity index (χ4v) is 2.85. The molecule has 0 aliphatic carbocycles. The second-order valence-electron chi connectivity index (χ2n) is 6.21. The van der Waals surface area contributed by atoms with Gasteiger partial charge < -0.3 is 21.3 Å². The number of thiophene rings is 1. The molecule has 4 amide bonds. The van der Waals surface area contributed by atoms with Crippen LogP contribution in [0.3, 0.4) is 0 Å². The Hall–Kier alpha value is -2.87. The van der Waals surface area contributed by atoms with Crippen molar-refractivity contribution in [2.75, 3.05) is 11.9 Å². The van der Waals surface area contributed by atoms with Gasteiger partial charge in [-0.3, -0.25) is 9.59 Å². The zero-order chi connectivity index (χ0) is 19.6. The largest absolute Gasteiger partial charge is 0.352 e. The van der Waals surface area contributed by atoms with Gasteiger partial charge >= 0.3 is 6.03 Å². The van der Waals surface area contributed by atoms with Crippen molar-refractivity contribution in [3.8, 4) is 0 Å². The van der Waals surface area contributed by atoms with E-state index >= 15 is 0 Å². The maximum atomic E-state index is 11.9. The summed E-state index contributed by atoms with van der Waals surface area (Å²) in [5.41, 5.74) is 1.60. The number of urea groups is 1. The van der Waals surface area contributed by atoms with Gasteiger partial charge in [0.05, 0.1) is 4.88 Å². The van der Waals surface area contributed by atoms with Crippen molar-refractivity contribution in [3.63, 3.8) is 0 Å². The molecule has 0 fully saturated rings. The van der Waals surface area contributed by atoms with Crippen molar-refractivity contribution in [1.29, 1.82) is 0 Å². The molecule has 2 rings (SSSR count). The van der Waals surface area contributed by atoms with Crippen molar-refractivity contribution in [2.45, 2.75) is 32.9 Å². The number of hydrogen-bond acceptors (Lipinski definition) is 4. The van der Waals surface area contributed by atoms with Crippen LogP contribution in [0.4, 0.5) is 10.5 Å². The Morgan fingerprint density at radius 1 is 1.04 bits per heavy atom. The Morgan fingerprint density at radius 3 is 2.41 bits per heavy atom. The van der Waals surface area contributed by atoms with E-state index < -0.39 is 0 Å². The zero-order valence-corrected chi connectivity index (χ0v) is 16.2. The standard InChI is InChI=1S/C19H24N4O3S/c1-13(2)22-19(26)23-15-7-5-14(6-8-15)12-21-17(24)9-10-20-18(25)16-4-3-11-27-16/h3-8,11,13H,9-10,12H2,1-2H3,(H,20,25)(H,21,24)(H2,22,23,26). The van der Waals surface area contributed by atoms with E-state index in [-0.39, 0.29) is 36.9 Å². The average Bonchev–Trinajstić information content (AvgIpc) is 3.15. The second-order valence-corrected chi connectivity index (χ2v) is 7.16. The van der Waals surface area contributed by atoms with Crippen LogP contribution in [0, 0.1) is 0 Å². The van der Waals surface area contributed by atoms with Crippen molar-refractivity contribution in [1.82, 2.24) is 16.0 Å². The molecule has 2 aromatic rings. The minimum atomic E-state index is -0.254. The molecule has 0 atom stereocenters. The summed E-state index contributed by atoms with van der Waals surface area (Å²) in [6, 6.07) is 10.6. The van der Waals surface area contributed by atoms with Crippen LogP contribution in [0.1, 0.15) is 35.5 Å². The number of anilines is 1. The summed E-state index contributed by atoms with van der Waals surface area (Å²) < 4.78 is 0. The van der Waals surface area contributed by atoms with Gasteiger partial charge in [0.1, 0.15) is 0 Å². The van der Waals surface area contributed by atoms with Gasteiger partial charge in [0.25, 0.3) is 5.91 Å². The fraction of sp³-hybridized carbons (Fsp3) is 0.316. The van der Waals surface area contributed by atoms with E-state index in [2.05, 4.69) is 21.3 Å². The van der Waals surface area contributed by atoms with Gasteiger partial charge in [-0.15, -0.1) is 11.3 Å². The highest BCUT2D eigenvalue weighted by Crippen LogP contribution is 2.10. The SMILES string of the molecule is CC(C)NC(=O)Nc1ccc(CNC(=O)CCNC(=O)c2cccs2)cc1. The average molecular weight is 388 g/mol. The quantitative estimate of drug-likeness (QED) is 0.559. The van der Waals surface area contributed by atoms with E-state index in [4.69, 9.17) is 0 Å². The molecular formula is C19H24N4O3S. The molecule has 0 radical (unpaired) electrons. The first-order valence-electron chi connectivity index (χ1n) is 8.69. The molecule has 0 bridgehead atoms. The molecule has 8 heteroatoms. The smallest absolute Gasteiger partial charge is 0.319 e. The van der Waals surface area contributed by atoms with Crippen LogP contribution in [0.5, 0.6) is 0 Å². The Morgan fingerprint density at radius 2 is 1.78 bits per heavy atom. The monoisotopic (exact) mass is 388 g/mol. The van der Waals surface area contributed by atoms with Crippen LogP contribution in [-0.4, -0.2) is 30.4 Å². The Kier molecular flexibility index (Phi) is 7.81. The third-order valence-corrected chi connectivity index (χ3v) is 4.37. The minimum absolute atomic E-state index is 0.0644. The molecular weight excluding hydrogens is 364 g/mol. The summed E-state index contributed by atoms with van der Waals surface area (Å²) in [4.78, 5) is 35.9. The highest BCUT2D eigenvalue weighted by atomic mass is 32.1. The minimum Gasteiger partial charge on any atom is -0.352 e. The van der Waals surface area contributed by atoms with Gasteiger partial charge in [0, 0.05) is 31.2 Å². The lowest BCUT2D eigenvalue weighted by Crippen LogP contribution is -2.34. The van der Waals surface area contributed by atoms with Gasteiger partial charge in [-0.25, -0.2) is 4.79 Å². The molecule has 27 heavy (non-hydrogen) atoms. The maximum Gasteiger partial charge on any atom is 0.319 e. The van der Waals surface area contributed by atoms with Gasteiger partial charge in [0.15, 0.2) is 0 Å². The first-order chi connectivity index (χ1) is 12.9. The van der Waals surface area contributed by atoms with E-state index in [9.17, 15) is 14.4 Å². The summed E-state index contributed by atoms with van der Waals surface area (Å²) in [5.74, 6) is -0.303. The van der Waals surface area contributed by atoms with Crippen molar-refractivity contribution in [3.05, 3.63) is 52.2 Å². The summed E-state index contributed by atoms with van der Waals surface area (Å²) in [7, 11) is 0. The van der Waals surface area contributed by atoms with Crippen molar-refractivity contribution in [2.24, 2.45) is 0 Å². The number of carbonyl (C=O) groups is 3. The molecule has 7 nitrogen and oxygen atoms in total. The van der Waals surface area contributed by atoms with Crippen LogP contribution in [0.2, 0.25) is 0 Å². The summed E-state index contributed by atoms with van der Waals surface area (Å²) in [6.45, 7) is 4.45. The number of amides is 4. The van der Waals surface area contributed by atoms with E-state index in [0.29, 0.717) is 17.1 Å². The van der Waals surface area contributed by atoms with Crippen molar-refractivity contribution >= 4 is 34.9 Å². The van der Waals surface area contributed by atoms with Crippen LogP contribution in [-0.2, 0) is 11.3 Å². The number of carbonyl (C=O) groups excluding carboxylic acids is 3. The molecule has 0 spiro atoms. The number of hydrogen-bond donors (Lipinski definition) is 4. The maximum absolute atomic E-state index is 11.9. The molecule has 0 saturated carbocycles. The molecule has 1 aromatic carbocycles. The topological polar surface area (TPSA) is 99.3 Å². The van der Waals surface area contributed by atoms with E-state index in [1.54, 1.807) is 18.2 Å². The van der Waals surface area contributed by atoms with Gasteiger partial charge in [-0.1, -0.05) is 18.2 Å². The van der Waals surface area contributed by atoms with Crippen LogP contribution in [0.25, 0.3) is 0 Å². The third-order valence-electron chi connectivity index (χ3n) is 3.50. The van der Waals surface area contributed by atoms with Crippen LogP contribution >= 0.6 is 11.3 Å². The predicted molar refractivity (Wildman–Crippen MR) is 107 cm³/mol. The number of nitrogens with one attached hydrogen (secondary N) is 4. The molecule has 4 N–H and O–H groups in total. The molecule has 1 aromatic heterocycles. The molecule has 0 aliphatic rings. The summed E-state index contributed by atoms with van der Waals surface area (Å²) >= 11 is 1.36. The van der Waals surface area contributed by atoms with Crippen LogP contribution in [0.15, 0.2) is 41.8 Å². The second kappa shape index (κ2) is 10.3. The first kappa shape index (κ1) is 20.4. The lowest BCUT2D eigenvalue weighted by Gasteiger charge is -2.11. The lowest BCUT2D eigenvalue weighted by atomic mass is 10.2. The Balaban J connectivity index is 1.67. The van der Waals surface area contributed by atoms with E-state index in [1.807, 2.05) is 37.4 Å². The lowest BCUT2D eigenvalue weighted by molar-refractivity contribution is -0.121. The fourth-order valence-electron chi connectivity index (χ4n) is 2.21.